The third kappa shape index (κ3) is 4.04. The predicted octanol–water partition coefficient (Wildman–Crippen LogP) is 3.22. The highest BCUT2D eigenvalue weighted by Gasteiger charge is 2.13. The molecule has 0 radical (unpaired) electrons. The molecule has 102 valence electrons. The Balaban J connectivity index is 1.98. The molecule has 0 spiro atoms. The average Bonchev–Trinajstić information content (AvgIpc) is 2.98. The standard InChI is InChI=1S/C15H20N2OS/c1-2-8-18-14-5-3-12(4-6-14)10-13(11-16)15-17-7-9-19-15/h3-7,9,13H,2,8,10-11,16H2,1H3. The van der Waals surface area contributed by atoms with Crippen LogP contribution in [0.15, 0.2) is 35.8 Å². The maximum Gasteiger partial charge on any atom is 0.119 e. The molecule has 0 aliphatic carbocycles. The topological polar surface area (TPSA) is 48.1 Å². The summed E-state index contributed by atoms with van der Waals surface area (Å²) in [6, 6.07) is 8.28. The number of rotatable bonds is 7. The maximum absolute atomic E-state index is 5.85. The van der Waals surface area contributed by atoms with Gasteiger partial charge in [-0.05, 0) is 30.5 Å². The second-order valence-electron chi connectivity index (χ2n) is 4.50. The van der Waals surface area contributed by atoms with Crippen LogP contribution in [-0.2, 0) is 6.42 Å². The summed E-state index contributed by atoms with van der Waals surface area (Å²) in [6.45, 7) is 3.50. The molecule has 0 aliphatic heterocycles. The van der Waals surface area contributed by atoms with Gasteiger partial charge in [0.05, 0.1) is 11.6 Å². The van der Waals surface area contributed by atoms with E-state index in [1.165, 1.54) is 5.56 Å². The zero-order valence-electron chi connectivity index (χ0n) is 11.2. The average molecular weight is 276 g/mol. The van der Waals surface area contributed by atoms with Gasteiger partial charge in [0.2, 0.25) is 0 Å². The van der Waals surface area contributed by atoms with Crippen LogP contribution in [0.4, 0.5) is 0 Å². The first kappa shape index (κ1) is 14.0. The van der Waals surface area contributed by atoms with Crippen molar-refractivity contribution in [1.29, 1.82) is 0 Å². The summed E-state index contributed by atoms with van der Waals surface area (Å²) in [7, 11) is 0. The molecule has 4 heteroatoms. The molecule has 1 unspecified atom stereocenters. The van der Waals surface area contributed by atoms with Crippen molar-refractivity contribution in [2.24, 2.45) is 5.73 Å². The molecule has 1 heterocycles. The Morgan fingerprint density at radius 2 is 2.11 bits per heavy atom. The molecule has 0 bridgehead atoms. The van der Waals surface area contributed by atoms with Crippen molar-refractivity contribution >= 4 is 11.3 Å². The van der Waals surface area contributed by atoms with Crippen LogP contribution in [0, 0.1) is 0 Å². The molecule has 1 aromatic carbocycles. The number of nitrogens with two attached hydrogens (primary N) is 1. The summed E-state index contributed by atoms with van der Waals surface area (Å²) in [4.78, 5) is 4.36. The SMILES string of the molecule is CCCOc1ccc(CC(CN)c2nccs2)cc1. The van der Waals surface area contributed by atoms with E-state index in [2.05, 4.69) is 24.0 Å². The molecule has 3 nitrogen and oxygen atoms in total. The maximum atomic E-state index is 5.85. The zero-order valence-corrected chi connectivity index (χ0v) is 12.0. The summed E-state index contributed by atoms with van der Waals surface area (Å²) >= 11 is 1.67. The number of nitrogens with zero attached hydrogens (tertiary/aromatic N) is 1. The Kier molecular flexibility index (Phi) is 5.36. The molecule has 2 aromatic rings. The van der Waals surface area contributed by atoms with Crippen LogP contribution in [-0.4, -0.2) is 18.1 Å². The number of ether oxygens (including phenoxy) is 1. The van der Waals surface area contributed by atoms with Crippen molar-refractivity contribution in [2.75, 3.05) is 13.2 Å². The summed E-state index contributed by atoms with van der Waals surface area (Å²) in [5, 5.41) is 3.12. The molecular formula is C15H20N2OS. The van der Waals surface area contributed by atoms with Gasteiger partial charge in [0.25, 0.3) is 0 Å². The molecule has 0 aliphatic rings. The van der Waals surface area contributed by atoms with Crippen molar-refractivity contribution < 1.29 is 4.74 Å². The first-order valence-electron chi connectivity index (χ1n) is 6.64. The van der Waals surface area contributed by atoms with E-state index in [-0.39, 0.29) is 0 Å². The van der Waals surface area contributed by atoms with Crippen LogP contribution in [0.5, 0.6) is 5.75 Å². The minimum absolute atomic E-state index is 0.308. The van der Waals surface area contributed by atoms with Crippen LogP contribution >= 0.6 is 11.3 Å². The lowest BCUT2D eigenvalue weighted by atomic mass is 10.00. The first-order valence-corrected chi connectivity index (χ1v) is 7.52. The Hall–Kier alpha value is -1.39. The smallest absolute Gasteiger partial charge is 0.119 e. The fourth-order valence-corrected chi connectivity index (χ4v) is 2.69. The van der Waals surface area contributed by atoms with Crippen LogP contribution in [0.1, 0.15) is 29.8 Å². The van der Waals surface area contributed by atoms with Gasteiger partial charge in [0.1, 0.15) is 5.75 Å². The fourth-order valence-electron chi connectivity index (χ4n) is 1.93. The van der Waals surface area contributed by atoms with Gasteiger partial charge in [-0.15, -0.1) is 11.3 Å². The molecule has 0 saturated carbocycles. The van der Waals surface area contributed by atoms with Gasteiger partial charge >= 0.3 is 0 Å². The van der Waals surface area contributed by atoms with E-state index in [9.17, 15) is 0 Å². The largest absolute Gasteiger partial charge is 0.494 e. The Labute approximate surface area is 118 Å². The van der Waals surface area contributed by atoms with E-state index in [1.807, 2.05) is 23.7 Å². The van der Waals surface area contributed by atoms with Crippen molar-refractivity contribution in [3.63, 3.8) is 0 Å². The van der Waals surface area contributed by atoms with Gasteiger partial charge in [0, 0.05) is 24.0 Å². The number of benzene rings is 1. The predicted molar refractivity (Wildman–Crippen MR) is 79.8 cm³/mol. The van der Waals surface area contributed by atoms with Crippen LogP contribution in [0.2, 0.25) is 0 Å². The highest BCUT2D eigenvalue weighted by molar-refractivity contribution is 7.09. The van der Waals surface area contributed by atoms with E-state index < -0.39 is 0 Å². The van der Waals surface area contributed by atoms with Gasteiger partial charge in [-0.25, -0.2) is 4.98 Å². The Morgan fingerprint density at radius 1 is 1.32 bits per heavy atom. The minimum Gasteiger partial charge on any atom is -0.494 e. The molecule has 2 N–H and O–H groups in total. The van der Waals surface area contributed by atoms with Gasteiger partial charge in [-0.2, -0.15) is 0 Å². The van der Waals surface area contributed by atoms with E-state index in [0.717, 1.165) is 30.2 Å². The lowest BCUT2D eigenvalue weighted by Crippen LogP contribution is -2.14. The van der Waals surface area contributed by atoms with Gasteiger partial charge in [0.15, 0.2) is 0 Å². The molecular weight excluding hydrogens is 256 g/mol. The lowest BCUT2D eigenvalue weighted by Gasteiger charge is -2.12. The number of hydrogen-bond acceptors (Lipinski definition) is 4. The van der Waals surface area contributed by atoms with Crippen molar-refractivity contribution in [1.82, 2.24) is 4.98 Å². The Bertz CT molecular complexity index is 467. The molecule has 0 fully saturated rings. The molecule has 1 aromatic heterocycles. The number of aromatic nitrogens is 1. The third-order valence-corrected chi connectivity index (χ3v) is 3.90. The fraction of sp³-hybridized carbons (Fsp3) is 0.400. The Morgan fingerprint density at radius 3 is 2.68 bits per heavy atom. The number of hydrogen-bond donors (Lipinski definition) is 1. The van der Waals surface area contributed by atoms with E-state index in [0.29, 0.717) is 12.5 Å². The quantitative estimate of drug-likeness (QED) is 0.844. The van der Waals surface area contributed by atoms with Crippen molar-refractivity contribution in [2.45, 2.75) is 25.7 Å². The second-order valence-corrected chi connectivity index (χ2v) is 5.43. The highest BCUT2D eigenvalue weighted by atomic mass is 32.1. The van der Waals surface area contributed by atoms with Gasteiger partial charge in [-0.1, -0.05) is 19.1 Å². The van der Waals surface area contributed by atoms with Crippen LogP contribution < -0.4 is 10.5 Å². The monoisotopic (exact) mass is 276 g/mol. The summed E-state index contributed by atoms with van der Waals surface area (Å²) in [5.74, 6) is 1.24. The van der Waals surface area contributed by atoms with Gasteiger partial charge < -0.3 is 10.5 Å². The van der Waals surface area contributed by atoms with Gasteiger partial charge in [-0.3, -0.25) is 0 Å². The van der Waals surface area contributed by atoms with E-state index in [4.69, 9.17) is 10.5 Å². The van der Waals surface area contributed by atoms with Crippen molar-refractivity contribution in [3.8, 4) is 5.75 Å². The van der Waals surface area contributed by atoms with Crippen molar-refractivity contribution in [3.05, 3.63) is 46.4 Å². The molecule has 0 saturated heterocycles. The molecule has 0 amide bonds. The number of thiazole rings is 1. The second kappa shape index (κ2) is 7.26. The highest BCUT2D eigenvalue weighted by Crippen LogP contribution is 2.23. The van der Waals surface area contributed by atoms with E-state index in [1.54, 1.807) is 11.3 Å². The lowest BCUT2D eigenvalue weighted by molar-refractivity contribution is 0.317. The normalized spacial score (nSPS) is 12.3. The van der Waals surface area contributed by atoms with Crippen LogP contribution in [0.25, 0.3) is 0 Å². The summed E-state index contributed by atoms with van der Waals surface area (Å²) < 4.78 is 5.58. The summed E-state index contributed by atoms with van der Waals surface area (Å²) in [6.07, 6.45) is 3.80. The van der Waals surface area contributed by atoms with Crippen LogP contribution in [0.3, 0.4) is 0 Å². The minimum atomic E-state index is 0.308. The first-order chi connectivity index (χ1) is 9.33. The third-order valence-electron chi connectivity index (χ3n) is 2.96. The van der Waals surface area contributed by atoms with E-state index >= 15 is 0 Å². The molecule has 19 heavy (non-hydrogen) atoms. The zero-order chi connectivity index (χ0) is 13.5. The molecule has 1 atom stereocenters. The molecule has 2 rings (SSSR count). The summed E-state index contributed by atoms with van der Waals surface area (Å²) in [5.41, 5.74) is 7.12.